The highest BCUT2D eigenvalue weighted by atomic mass is 16.1. The molecule has 0 aliphatic carbocycles. The summed E-state index contributed by atoms with van der Waals surface area (Å²) in [5.41, 5.74) is 8.40. The molecule has 5 heteroatoms. The van der Waals surface area contributed by atoms with Crippen molar-refractivity contribution >= 4 is 17.4 Å². The number of Topliss-reactive ketones (excluding diaryl/α,β-unsaturated/α-hetero) is 2. The van der Waals surface area contributed by atoms with E-state index >= 15 is 0 Å². The van der Waals surface area contributed by atoms with Gasteiger partial charge in [0.15, 0.2) is 29.8 Å². The summed E-state index contributed by atoms with van der Waals surface area (Å²) in [6.45, 7) is 3.11. The van der Waals surface area contributed by atoms with E-state index in [4.69, 9.17) is 0 Å². The fourth-order valence-corrected chi connectivity index (χ4v) is 3.31. The second-order valence-corrected chi connectivity index (χ2v) is 7.28. The summed E-state index contributed by atoms with van der Waals surface area (Å²) in [6.07, 6.45) is 5.61. The van der Waals surface area contributed by atoms with Gasteiger partial charge in [-0.15, -0.1) is 5.43 Å². The zero-order valence-electron chi connectivity index (χ0n) is 17.4. The molecule has 0 atom stereocenters. The molecule has 2 aromatic carbocycles. The van der Waals surface area contributed by atoms with Crippen LogP contribution in [0, 0.1) is 0 Å². The minimum Gasteiger partial charge on any atom is -0.295 e. The molecule has 5 nitrogen and oxygen atoms in total. The average Bonchev–Trinajstić information content (AvgIpc) is 2.80. The predicted molar refractivity (Wildman–Crippen MR) is 121 cm³/mol. The number of carbonyl (C=O) groups excluding carboxylic acids is 2. The number of ketones is 2. The molecule has 31 heavy (non-hydrogen) atoms. The molecule has 0 saturated heterocycles. The van der Waals surface area contributed by atoms with Crippen molar-refractivity contribution in [1.82, 2.24) is 4.98 Å². The number of hydrogen-bond donors (Lipinski definition) is 1. The second kappa shape index (κ2) is 8.71. The van der Waals surface area contributed by atoms with Gasteiger partial charge >= 0.3 is 0 Å². The molecule has 0 unspecified atom stereocenters. The van der Waals surface area contributed by atoms with Crippen molar-refractivity contribution in [2.75, 3.05) is 5.43 Å². The Labute approximate surface area is 181 Å². The topological polar surface area (TPSA) is 62.9 Å². The van der Waals surface area contributed by atoms with Gasteiger partial charge in [0.2, 0.25) is 0 Å². The summed E-state index contributed by atoms with van der Waals surface area (Å²) < 4.78 is 1.83. The molecule has 0 aliphatic rings. The van der Waals surface area contributed by atoms with Crippen LogP contribution in [0.3, 0.4) is 0 Å². The van der Waals surface area contributed by atoms with Gasteiger partial charge in [0.25, 0.3) is 0 Å². The summed E-state index contributed by atoms with van der Waals surface area (Å²) in [6, 6.07) is 22.9. The van der Waals surface area contributed by atoms with Crippen molar-refractivity contribution in [3.8, 4) is 22.3 Å². The van der Waals surface area contributed by atoms with Crippen LogP contribution in [0.25, 0.3) is 22.3 Å². The number of aromatic nitrogens is 2. The highest BCUT2D eigenvalue weighted by molar-refractivity contribution is 5.95. The molecule has 0 amide bonds. The number of carbonyl (C=O) groups is 2. The third-order valence-electron chi connectivity index (χ3n) is 5.07. The van der Waals surface area contributed by atoms with Gasteiger partial charge in [-0.25, -0.2) is 4.98 Å². The predicted octanol–water partition coefficient (Wildman–Crippen LogP) is 4.98. The van der Waals surface area contributed by atoms with Crippen molar-refractivity contribution in [2.24, 2.45) is 0 Å². The molecule has 2 aromatic heterocycles. The van der Waals surface area contributed by atoms with Crippen LogP contribution < -0.4 is 10.1 Å². The lowest BCUT2D eigenvalue weighted by atomic mass is 9.98. The maximum Gasteiger partial charge on any atom is 0.199 e. The normalized spacial score (nSPS) is 10.5. The molecule has 4 aromatic rings. The fourth-order valence-electron chi connectivity index (χ4n) is 3.31. The summed E-state index contributed by atoms with van der Waals surface area (Å²) >= 11 is 0. The summed E-state index contributed by atoms with van der Waals surface area (Å²) in [4.78, 5) is 27.9. The standard InChI is InChI=1S/C26H21N3O2/c1-18(30)20-6-10-22(11-7-20)24-16-25(23-12-8-21(9-13-23)19(2)31)26(27-17-24)28-29-14-4-3-5-15-29/h3-17H,1-2H3/p+1. The molecule has 0 bridgehead atoms. The van der Waals surface area contributed by atoms with Crippen molar-refractivity contribution < 1.29 is 14.3 Å². The van der Waals surface area contributed by atoms with Gasteiger partial charge in [-0.3, -0.25) is 9.59 Å². The van der Waals surface area contributed by atoms with Crippen molar-refractivity contribution in [3.05, 3.63) is 103 Å². The summed E-state index contributed by atoms with van der Waals surface area (Å²) in [5.74, 6) is 0.758. The van der Waals surface area contributed by atoms with E-state index in [1.54, 1.807) is 13.8 Å². The molecule has 0 fully saturated rings. The second-order valence-electron chi connectivity index (χ2n) is 7.28. The zero-order valence-corrected chi connectivity index (χ0v) is 17.4. The summed E-state index contributed by atoms with van der Waals surface area (Å²) in [7, 11) is 0. The Kier molecular flexibility index (Phi) is 5.67. The van der Waals surface area contributed by atoms with Gasteiger partial charge in [0.05, 0.1) is 0 Å². The van der Waals surface area contributed by atoms with Crippen LogP contribution in [0.2, 0.25) is 0 Å². The zero-order chi connectivity index (χ0) is 21.8. The van der Waals surface area contributed by atoms with Crippen LogP contribution in [0.1, 0.15) is 34.6 Å². The van der Waals surface area contributed by atoms with Crippen LogP contribution in [0.5, 0.6) is 0 Å². The quantitative estimate of drug-likeness (QED) is 0.361. The first-order chi connectivity index (χ1) is 15.0. The number of benzene rings is 2. The molecule has 0 radical (unpaired) electrons. The largest absolute Gasteiger partial charge is 0.295 e. The minimum absolute atomic E-state index is 0.0298. The van der Waals surface area contributed by atoms with Crippen LogP contribution >= 0.6 is 0 Å². The third kappa shape index (κ3) is 4.56. The van der Waals surface area contributed by atoms with Gasteiger partial charge in [0, 0.05) is 40.6 Å². The highest BCUT2D eigenvalue weighted by Crippen LogP contribution is 2.31. The van der Waals surface area contributed by atoms with E-state index in [0.717, 1.165) is 22.3 Å². The minimum atomic E-state index is 0.0298. The van der Waals surface area contributed by atoms with Gasteiger partial charge in [-0.05, 0) is 31.0 Å². The van der Waals surface area contributed by atoms with E-state index in [2.05, 4.69) is 16.5 Å². The molecular weight excluding hydrogens is 386 g/mol. The Morgan fingerprint density at radius 2 is 1.29 bits per heavy atom. The van der Waals surface area contributed by atoms with Crippen LogP contribution in [-0.2, 0) is 0 Å². The number of rotatable bonds is 6. The van der Waals surface area contributed by atoms with E-state index < -0.39 is 0 Å². The van der Waals surface area contributed by atoms with E-state index in [-0.39, 0.29) is 11.6 Å². The first-order valence-corrected chi connectivity index (χ1v) is 9.97. The number of nitrogens with zero attached hydrogens (tertiary/aromatic N) is 2. The van der Waals surface area contributed by atoms with E-state index in [1.165, 1.54) is 0 Å². The van der Waals surface area contributed by atoms with Crippen molar-refractivity contribution in [3.63, 3.8) is 0 Å². The lowest BCUT2D eigenvalue weighted by Crippen LogP contribution is -2.41. The lowest BCUT2D eigenvalue weighted by Gasteiger charge is -2.11. The highest BCUT2D eigenvalue weighted by Gasteiger charge is 2.13. The SMILES string of the molecule is CC(=O)c1ccc(-c2cnc(N[n+]3ccccc3)c(-c3ccc(C(C)=O)cc3)c2)cc1. The van der Waals surface area contributed by atoms with Crippen molar-refractivity contribution in [1.29, 1.82) is 0 Å². The molecule has 152 valence electrons. The molecule has 1 N–H and O–H groups in total. The van der Waals surface area contributed by atoms with Crippen LogP contribution in [-0.4, -0.2) is 16.6 Å². The molecular formula is C26H22N3O2+. The molecule has 2 heterocycles. The van der Waals surface area contributed by atoms with Crippen LogP contribution in [0.4, 0.5) is 5.82 Å². The number of hydrogen-bond acceptors (Lipinski definition) is 4. The Morgan fingerprint density at radius 1 is 0.742 bits per heavy atom. The van der Waals surface area contributed by atoms with E-state index in [1.807, 2.05) is 90.0 Å². The maximum absolute atomic E-state index is 11.7. The molecule has 0 saturated carbocycles. The van der Waals surface area contributed by atoms with Gasteiger partial charge in [-0.2, -0.15) is 0 Å². The van der Waals surface area contributed by atoms with E-state index in [9.17, 15) is 9.59 Å². The lowest BCUT2D eigenvalue weighted by molar-refractivity contribution is -0.643. The fraction of sp³-hybridized carbons (Fsp3) is 0.0769. The molecule has 0 aliphatic heterocycles. The molecule has 4 rings (SSSR count). The first-order valence-electron chi connectivity index (χ1n) is 9.97. The molecule has 0 spiro atoms. The Hall–Kier alpha value is -4.12. The summed E-state index contributed by atoms with van der Waals surface area (Å²) in [5, 5.41) is 0. The smallest absolute Gasteiger partial charge is 0.199 e. The Morgan fingerprint density at radius 3 is 1.84 bits per heavy atom. The Bertz CT molecular complexity index is 1230. The van der Waals surface area contributed by atoms with E-state index in [0.29, 0.717) is 16.9 Å². The van der Waals surface area contributed by atoms with Gasteiger partial charge in [0.1, 0.15) is 0 Å². The van der Waals surface area contributed by atoms with Crippen molar-refractivity contribution in [2.45, 2.75) is 13.8 Å². The number of anilines is 1. The third-order valence-corrected chi connectivity index (χ3v) is 5.07. The van der Waals surface area contributed by atoms with Gasteiger partial charge in [-0.1, -0.05) is 59.3 Å². The number of nitrogens with one attached hydrogen (secondary N) is 1. The monoisotopic (exact) mass is 408 g/mol. The first kappa shape index (κ1) is 20.2. The maximum atomic E-state index is 11.7. The van der Waals surface area contributed by atoms with Crippen LogP contribution in [0.15, 0.2) is 91.4 Å². The Balaban J connectivity index is 1.78. The van der Waals surface area contributed by atoms with Gasteiger partial charge < -0.3 is 0 Å². The average molecular weight is 408 g/mol. The number of pyridine rings is 2.